The highest BCUT2D eigenvalue weighted by Gasteiger charge is 2.15. The summed E-state index contributed by atoms with van der Waals surface area (Å²) in [6.07, 6.45) is 0. The molecule has 160 valence electrons. The third-order valence-electron chi connectivity index (χ3n) is 4.64. The molecule has 0 bridgehead atoms. The normalized spacial score (nSPS) is 10.5. The van der Waals surface area contributed by atoms with E-state index in [4.69, 9.17) is 16.3 Å². The van der Waals surface area contributed by atoms with E-state index in [0.717, 1.165) is 5.56 Å². The Morgan fingerprint density at radius 3 is 2.25 bits per heavy atom. The summed E-state index contributed by atoms with van der Waals surface area (Å²) in [4.78, 5) is 36.7. The molecule has 0 radical (unpaired) electrons. The van der Waals surface area contributed by atoms with Crippen LogP contribution in [0, 0.1) is 0 Å². The number of amides is 2. The van der Waals surface area contributed by atoms with Gasteiger partial charge in [0.15, 0.2) is 5.69 Å². The average Bonchev–Trinajstić information content (AvgIpc) is 2.83. The van der Waals surface area contributed by atoms with Crippen molar-refractivity contribution < 1.29 is 14.3 Å². The van der Waals surface area contributed by atoms with Crippen molar-refractivity contribution in [2.75, 3.05) is 0 Å². The van der Waals surface area contributed by atoms with Gasteiger partial charge in [0.1, 0.15) is 12.4 Å². The van der Waals surface area contributed by atoms with Crippen LogP contribution < -0.4 is 21.1 Å². The molecule has 0 aliphatic heterocycles. The van der Waals surface area contributed by atoms with Crippen molar-refractivity contribution in [2.24, 2.45) is 0 Å². The summed E-state index contributed by atoms with van der Waals surface area (Å²) in [7, 11) is 0. The van der Waals surface area contributed by atoms with Crippen molar-refractivity contribution in [1.29, 1.82) is 0 Å². The van der Waals surface area contributed by atoms with Crippen molar-refractivity contribution in [3.63, 3.8) is 0 Å². The molecular weight excluding hydrogens is 432 g/mol. The van der Waals surface area contributed by atoms with Crippen LogP contribution in [0.2, 0.25) is 5.02 Å². The molecule has 4 aromatic rings. The number of halogens is 1. The summed E-state index contributed by atoms with van der Waals surface area (Å²) in [6, 6.07) is 20.3. The highest BCUT2D eigenvalue weighted by Crippen LogP contribution is 2.17. The second-order valence-corrected chi connectivity index (χ2v) is 7.23. The fraction of sp³-hybridized carbons (Fsp3) is 0.0435. The summed E-state index contributed by atoms with van der Waals surface area (Å²) < 4.78 is 5.67. The highest BCUT2D eigenvalue weighted by atomic mass is 35.5. The van der Waals surface area contributed by atoms with Gasteiger partial charge in [-0.25, -0.2) is 5.10 Å². The topological polar surface area (TPSA) is 113 Å². The zero-order valence-corrected chi connectivity index (χ0v) is 17.3. The van der Waals surface area contributed by atoms with Gasteiger partial charge in [-0.1, -0.05) is 41.9 Å². The van der Waals surface area contributed by atoms with Gasteiger partial charge < -0.3 is 4.74 Å². The van der Waals surface area contributed by atoms with Crippen LogP contribution >= 0.6 is 11.6 Å². The zero-order chi connectivity index (χ0) is 22.5. The Hall–Kier alpha value is -4.17. The first-order valence-electron chi connectivity index (χ1n) is 9.57. The quantitative estimate of drug-likeness (QED) is 0.406. The Morgan fingerprint density at radius 2 is 1.53 bits per heavy atom. The van der Waals surface area contributed by atoms with Crippen LogP contribution in [0.4, 0.5) is 0 Å². The maximum atomic E-state index is 12.5. The van der Waals surface area contributed by atoms with Gasteiger partial charge in [-0.3, -0.25) is 25.2 Å². The summed E-state index contributed by atoms with van der Waals surface area (Å²) in [5.74, 6) is -0.474. The Labute approximate surface area is 187 Å². The first-order chi connectivity index (χ1) is 15.5. The van der Waals surface area contributed by atoms with Crippen LogP contribution in [0.5, 0.6) is 5.75 Å². The first-order valence-corrected chi connectivity index (χ1v) is 9.94. The number of H-pyrrole nitrogens is 1. The van der Waals surface area contributed by atoms with E-state index in [0.29, 0.717) is 33.7 Å². The number of rotatable bonds is 5. The zero-order valence-electron chi connectivity index (χ0n) is 16.6. The molecule has 1 aromatic heterocycles. The average molecular weight is 449 g/mol. The smallest absolute Gasteiger partial charge is 0.290 e. The molecule has 0 atom stereocenters. The molecule has 4 rings (SSSR count). The summed E-state index contributed by atoms with van der Waals surface area (Å²) >= 11 is 5.85. The molecule has 3 N–H and O–H groups in total. The van der Waals surface area contributed by atoms with Crippen LogP contribution in [0.15, 0.2) is 77.6 Å². The number of aromatic nitrogens is 2. The van der Waals surface area contributed by atoms with E-state index < -0.39 is 17.4 Å². The number of nitrogens with zero attached hydrogens (tertiary/aromatic N) is 1. The van der Waals surface area contributed by atoms with E-state index in [9.17, 15) is 14.4 Å². The molecule has 0 aliphatic rings. The van der Waals surface area contributed by atoms with Crippen molar-refractivity contribution in [1.82, 2.24) is 21.0 Å². The van der Waals surface area contributed by atoms with Crippen molar-refractivity contribution >= 4 is 34.2 Å². The van der Waals surface area contributed by atoms with Crippen LogP contribution in [0.25, 0.3) is 10.8 Å². The van der Waals surface area contributed by atoms with E-state index in [1.165, 1.54) is 0 Å². The van der Waals surface area contributed by atoms with Gasteiger partial charge in [0.2, 0.25) is 0 Å². The number of hydrogen-bond acceptors (Lipinski definition) is 5. The van der Waals surface area contributed by atoms with Gasteiger partial charge in [0.25, 0.3) is 17.4 Å². The van der Waals surface area contributed by atoms with Gasteiger partial charge in [0, 0.05) is 16.0 Å². The summed E-state index contributed by atoms with van der Waals surface area (Å²) in [5, 5.41) is 7.42. The predicted octanol–water partition coefficient (Wildman–Crippen LogP) is 3.23. The predicted molar refractivity (Wildman–Crippen MR) is 120 cm³/mol. The van der Waals surface area contributed by atoms with Gasteiger partial charge in [-0.05, 0) is 48.0 Å². The number of aromatic amines is 1. The molecular formula is C23H17ClN4O4. The highest BCUT2D eigenvalue weighted by molar-refractivity contribution is 6.30. The largest absolute Gasteiger partial charge is 0.489 e. The van der Waals surface area contributed by atoms with Crippen LogP contribution in [-0.2, 0) is 6.61 Å². The molecule has 9 heteroatoms. The number of carbonyl (C=O) groups excluding carboxylic acids is 2. The van der Waals surface area contributed by atoms with Gasteiger partial charge >= 0.3 is 0 Å². The molecule has 0 saturated heterocycles. The standard InChI is InChI=1S/C23H17ClN4O4/c24-16-9-11-17(12-10-16)32-13-14-5-7-15(8-6-14)21(29)26-28-23(31)20-18-3-1-2-4-19(18)22(30)27-25-20/h1-12H,13H2,(H,26,29)(H,27,30)(H,28,31). The van der Waals surface area contributed by atoms with Gasteiger partial charge in [-0.2, -0.15) is 5.10 Å². The Balaban J connectivity index is 1.36. The van der Waals surface area contributed by atoms with Crippen molar-refractivity contribution in [3.8, 4) is 5.75 Å². The lowest BCUT2D eigenvalue weighted by molar-refractivity contribution is 0.0844. The molecule has 0 saturated carbocycles. The molecule has 0 fully saturated rings. The van der Waals surface area contributed by atoms with E-state index in [-0.39, 0.29) is 5.69 Å². The third kappa shape index (κ3) is 4.76. The molecule has 0 unspecified atom stereocenters. The number of ether oxygens (including phenoxy) is 1. The minimum Gasteiger partial charge on any atom is -0.489 e. The second-order valence-electron chi connectivity index (χ2n) is 6.79. The second kappa shape index (κ2) is 9.32. The third-order valence-corrected chi connectivity index (χ3v) is 4.89. The lowest BCUT2D eigenvalue weighted by atomic mass is 10.1. The van der Waals surface area contributed by atoms with Crippen LogP contribution in [0.3, 0.4) is 0 Å². The number of hydrazine groups is 1. The lowest BCUT2D eigenvalue weighted by Gasteiger charge is -2.09. The summed E-state index contributed by atoms with van der Waals surface area (Å²) in [5.41, 5.74) is 5.47. The number of carbonyl (C=O) groups is 2. The number of hydrogen-bond donors (Lipinski definition) is 3. The molecule has 1 heterocycles. The Morgan fingerprint density at radius 1 is 0.875 bits per heavy atom. The minimum atomic E-state index is -0.654. The Kier molecular flexibility index (Phi) is 6.14. The van der Waals surface area contributed by atoms with Gasteiger partial charge in [0.05, 0.1) is 5.39 Å². The minimum absolute atomic E-state index is 0.00445. The number of benzene rings is 3. The van der Waals surface area contributed by atoms with E-state index in [1.807, 2.05) is 0 Å². The van der Waals surface area contributed by atoms with E-state index in [1.54, 1.807) is 72.8 Å². The number of fused-ring (bicyclic) bond motifs is 1. The van der Waals surface area contributed by atoms with E-state index in [2.05, 4.69) is 21.0 Å². The maximum absolute atomic E-state index is 12.5. The van der Waals surface area contributed by atoms with Gasteiger partial charge in [-0.15, -0.1) is 0 Å². The maximum Gasteiger partial charge on any atom is 0.290 e. The number of nitrogens with one attached hydrogen (secondary N) is 3. The fourth-order valence-electron chi connectivity index (χ4n) is 2.98. The summed E-state index contributed by atoms with van der Waals surface area (Å²) in [6.45, 7) is 0.325. The van der Waals surface area contributed by atoms with Crippen molar-refractivity contribution in [3.05, 3.63) is 105 Å². The SMILES string of the molecule is O=C(NNC(=O)c1n[nH]c(=O)c2ccccc12)c1ccc(COc2ccc(Cl)cc2)cc1. The molecule has 32 heavy (non-hydrogen) atoms. The monoisotopic (exact) mass is 448 g/mol. The molecule has 8 nitrogen and oxygen atoms in total. The first kappa shape index (κ1) is 21.1. The van der Waals surface area contributed by atoms with Crippen LogP contribution in [0.1, 0.15) is 26.4 Å². The molecule has 0 aliphatic carbocycles. The lowest BCUT2D eigenvalue weighted by Crippen LogP contribution is -2.42. The fourth-order valence-corrected chi connectivity index (χ4v) is 3.11. The van der Waals surface area contributed by atoms with Crippen LogP contribution in [-0.4, -0.2) is 22.0 Å². The van der Waals surface area contributed by atoms with E-state index >= 15 is 0 Å². The molecule has 3 aromatic carbocycles. The molecule has 0 spiro atoms. The molecule has 2 amide bonds. The Bertz CT molecular complexity index is 1330. The van der Waals surface area contributed by atoms with Crippen molar-refractivity contribution in [2.45, 2.75) is 6.61 Å².